The van der Waals surface area contributed by atoms with Gasteiger partial charge in [-0.15, -0.1) is 0 Å². The van der Waals surface area contributed by atoms with Crippen LogP contribution in [-0.4, -0.2) is 10.9 Å². The second-order valence-electron chi connectivity index (χ2n) is 6.61. The van der Waals surface area contributed by atoms with Crippen molar-refractivity contribution in [1.29, 1.82) is 0 Å². The predicted molar refractivity (Wildman–Crippen MR) is 111 cm³/mol. The topological polar surface area (TPSA) is 51.2 Å². The van der Waals surface area contributed by atoms with E-state index in [1.807, 2.05) is 85.8 Å². The van der Waals surface area contributed by atoms with Gasteiger partial charge in [-0.3, -0.25) is 9.78 Å². The molecule has 0 radical (unpaired) electrons. The van der Waals surface area contributed by atoms with Gasteiger partial charge in [-0.25, -0.2) is 0 Å². The number of aryl methyl sites for hydroxylation is 1. The Morgan fingerprint density at radius 1 is 0.893 bits per heavy atom. The van der Waals surface area contributed by atoms with Crippen LogP contribution in [0.5, 0.6) is 11.5 Å². The Morgan fingerprint density at radius 3 is 2.57 bits per heavy atom. The first kappa shape index (κ1) is 17.7. The van der Waals surface area contributed by atoms with Gasteiger partial charge < -0.3 is 10.1 Å². The van der Waals surface area contributed by atoms with Crippen LogP contribution in [-0.2, 0) is 6.54 Å². The monoisotopic (exact) mass is 368 g/mol. The van der Waals surface area contributed by atoms with E-state index in [2.05, 4.69) is 10.3 Å². The summed E-state index contributed by atoms with van der Waals surface area (Å²) in [5.41, 5.74) is 3.44. The molecule has 0 bridgehead atoms. The van der Waals surface area contributed by atoms with Crippen LogP contribution < -0.4 is 10.1 Å². The van der Waals surface area contributed by atoms with Crippen LogP contribution in [0.15, 0.2) is 84.9 Å². The van der Waals surface area contributed by atoms with Crippen molar-refractivity contribution in [2.45, 2.75) is 13.5 Å². The summed E-state index contributed by atoms with van der Waals surface area (Å²) in [7, 11) is 0. The van der Waals surface area contributed by atoms with Gasteiger partial charge in [-0.05, 0) is 61.0 Å². The van der Waals surface area contributed by atoms with E-state index in [0.717, 1.165) is 33.7 Å². The SMILES string of the molecule is Cc1ccc2cc(C(=O)NCc3cccc(Oc4ccccc4)c3)ccc2n1. The maximum Gasteiger partial charge on any atom is 0.251 e. The molecule has 0 saturated heterocycles. The average molecular weight is 368 g/mol. The molecular formula is C24H20N2O2. The van der Waals surface area contributed by atoms with E-state index >= 15 is 0 Å². The Balaban J connectivity index is 1.43. The van der Waals surface area contributed by atoms with Gasteiger partial charge in [0.05, 0.1) is 5.52 Å². The van der Waals surface area contributed by atoms with Gasteiger partial charge in [-0.1, -0.05) is 36.4 Å². The van der Waals surface area contributed by atoms with Crippen molar-refractivity contribution in [2.24, 2.45) is 0 Å². The van der Waals surface area contributed by atoms with E-state index in [1.54, 1.807) is 6.07 Å². The van der Waals surface area contributed by atoms with Crippen molar-refractivity contribution in [2.75, 3.05) is 0 Å². The number of amides is 1. The largest absolute Gasteiger partial charge is 0.457 e. The van der Waals surface area contributed by atoms with E-state index in [9.17, 15) is 4.79 Å². The molecule has 0 spiro atoms. The first-order valence-electron chi connectivity index (χ1n) is 9.15. The number of hydrogen-bond acceptors (Lipinski definition) is 3. The number of fused-ring (bicyclic) bond motifs is 1. The third kappa shape index (κ3) is 4.18. The molecule has 1 heterocycles. The average Bonchev–Trinajstić information content (AvgIpc) is 2.72. The number of benzene rings is 3. The summed E-state index contributed by atoms with van der Waals surface area (Å²) in [5.74, 6) is 1.41. The summed E-state index contributed by atoms with van der Waals surface area (Å²) in [6, 6.07) is 26.8. The fourth-order valence-electron chi connectivity index (χ4n) is 3.00. The fraction of sp³-hybridized carbons (Fsp3) is 0.0833. The van der Waals surface area contributed by atoms with Crippen LogP contribution in [0.3, 0.4) is 0 Å². The quantitative estimate of drug-likeness (QED) is 0.522. The zero-order valence-corrected chi connectivity index (χ0v) is 15.6. The fourth-order valence-corrected chi connectivity index (χ4v) is 3.00. The van der Waals surface area contributed by atoms with Crippen molar-refractivity contribution in [3.63, 3.8) is 0 Å². The third-order valence-electron chi connectivity index (χ3n) is 4.42. The van der Waals surface area contributed by atoms with Gasteiger partial charge in [0.15, 0.2) is 0 Å². The molecule has 0 aliphatic heterocycles. The van der Waals surface area contributed by atoms with Crippen molar-refractivity contribution in [3.05, 3.63) is 102 Å². The lowest BCUT2D eigenvalue weighted by molar-refractivity contribution is 0.0951. The Labute approximate surface area is 163 Å². The number of ether oxygens (including phenoxy) is 1. The second-order valence-corrected chi connectivity index (χ2v) is 6.61. The Bertz CT molecular complexity index is 1120. The minimum Gasteiger partial charge on any atom is -0.457 e. The number of aromatic nitrogens is 1. The molecule has 3 aromatic carbocycles. The molecule has 1 N–H and O–H groups in total. The number of nitrogens with one attached hydrogen (secondary N) is 1. The lowest BCUT2D eigenvalue weighted by atomic mass is 10.1. The molecule has 4 rings (SSSR count). The molecule has 138 valence electrons. The van der Waals surface area contributed by atoms with Gasteiger partial charge in [0.25, 0.3) is 5.91 Å². The molecule has 4 nitrogen and oxygen atoms in total. The van der Waals surface area contributed by atoms with E-state index < -0.39 is 0 Å². The summed E-state index contributed by atoms with van der Waals surface area (Å²) in [6.45, 7) is 2.38. The second kappa shape index (κ2) is 7.92. The van der Waals surface area contributed by atoms with Crippen LogP contribution in [0, 0.1) is 6.92 Å². The molecule has 0 fully saturated rings. The first-order chi connectivity index (χ1) is 13.7. The Hall–Kier alpha value is -3.66. The summed E-state index contributed by atoms with van der Waals surface area (Å²) in [5, 5.41) is 3.92. The minimum atomic E-state index is -0.114. The van der Waals surface area contributed by atoms with Crippen molar-refractivity contribution < 1.29 is 9.53 Å². The Morgan fingerprint density at radius 2 is 1.71 bits per heavy atom. The van der Waals surface area contributed by atoms with Gasteiger partial charge >= 0.3 is 0 Å². The minimum absolute atomic E-state index is 0.114. The smallest absolute Gasteiger partial charge is 0.251 e. The highest BCUT2D eigenvalue weighted by atomic mass is 16.5. The molecule has 0 atom stereocenters. The normalized spacial score (nSPS) is 10.6. The number of rotatable bonds is 5. The standard InChI is InChI=1S/C24H20N2O2/c1-17-10-11-19-15-20(12-13-23(19)26-17)24(27)25-16-18-6-5-9-22(14-18)28-21-7-3-2-4-8-21/h2-15H,16H2,1H3,(H,25,27). The first-order valence-corrected chi connectivity index (χ1v) is 9.15. The third-order valence-corrected chi connectivity index (χ3v) is 4.42. The molecule has 4 heteroatoms. The van der Waals surface area contributed by atoms with Gasteiger partial charge in [0.2, 0.25) is 0 Å². The van der Waals surface area contributed by atoms with Gasteiger partial charge in [0, 0.05) is 23.2 Å². The van der Waals surface area contributed by atoms with Crippen LogP contribution in [0.2, 0.25) is 0 Å². The molecule has 28 heavy (non-hydrogen) atoms. The molecule has 1 aromatic heterocycles. The highest BCUT2D eigenvalue weighted by molar-refractivity contribution is 5.97. The van der Waals surface area contributed by atoms with Crippen LogP contribution in [0.4, 0.5) is 0 Å². The number of para-hydroxylation sites is 1. The van der Waals surface area contributed by atoms with Gasteiger partial charge in [-0.2, -0.15) is 0 Å². The number of carbonyl (C=O) groups excluding carboxylic acids is 1. The van der Waals surface area contributed by atoms with E-state index in [4.69, 9.17) is 4.74 Å². The zero-order chi connectivity index (χ0) is 19.3. The molecule has 4 aromatic rings. The number of pyridine rings is 1. The van der Waals surface area contributed by atoms with Crippen molar-refractivity contribution >= 4 is 16.8 Å². The number of hydrogen-bond donors (Lipinski definition) is 1. The molecular weight excluding hydrogens is 348 g/mol. The lowest BCUT2D eigenvalue weighted by Gasteiger charge is -2.09. The zero-order valence-electron chi connectivity index (χ0n) is 15.6. The molecule has 0 aliphatic rings. The highest BCUT2D eigenvalue weighted by Gasteiger charge is 2.07. The predicted octanol–water partition coefficient (Wildman–Crippen LogP) is 5.27. The summed E-state index contributed by atoms with van der Waals surface area (Å²) >= 11 is 0. The van der Waals surface area contributed by atoms with E-state index in [-0.39, 0.29) is 5.91 Å². The molecule has 0 unspecified atom stereocenters. The van der Waals surface area contributed by atoms with Crippen molar-refractivity contribution in [3.8, 4) is 11.5 Å². The van der Waals surface area contributed by atoms with E-state index in [0.29, 0.717) is 12.1 Å². The number of carbonyl (C=O) groups is 1. The van der Waals surface area contributed by atoms with Crippen molar-refractivity contribution in [1.82, 2.24) is 10.3 Å². The van der Waals surface area contributed by atoms with E-state index in [1.165, 1.54) is 0 Å². The van der Waals surface area contributed by atoms with Crippen LogP contribution >= 0.6 is 0 Å². The molecule has 1 amide bonds. The maximum atomic E-state index is 12.5. The van der Waals surface area contributed by atoms with Crippen LogP contribution in [0.25, 0.3) is 10.9 Å². The summed E-state index contributed by atoms with van der Waals surface area (Å²) < 4.78 is 5.85. The summed E-state index contributed by atoms with van der Waals surface area (Å²) in [4.78, 5) is 17.0. The maximum absolute atomic E-state index is 12.5. The molecule has 0 saturated carbocycles. The molecule has 0 aliphatic carbocycles. The highest BCUT2D eigenvalue weighted by Crippen LogP contribution is 2.22. The summed E-state index contributed by atoms with van der Waals surface area (Å²) in [6.07, 6.45) is 0. The van der Waals surface area contributed by atoms with Crippen LogP contribution in [0.1, 0.15) is 21.6 Å². The number of nitrogens with zero attached hydrogens (tertiary/aromatic N) is 1. The lowest BCUT2D eigenvalue weighted by Crippen LogP contribution is -2.22. The van der Waals surface area contributed by atoms with Gasteiger partial charge in [0.1, 0.15) is 11.5 Å². The Kier molecular flexibility index (Phi) is 5.02.